The predicted octanol–water partition coefficient (Wildman–Crippen LogP) is 2.32. The number of aryl methyl sites for hydroxylation is 1. The lowest BCUT2D eigenvalue weighted by Crippen LogP contribution is -2.23. The van der Waals surface area contributed by atoms with Crippen LogP contribution < -0.4 is 10.3 Å². The maximum Gasteiger partial charge on any atom is 0.251 e. The van der Waals surface area contributed by atoms with Gasteiger partial charge in [-0.15, -0.1) is 0 Å². The third kappa shape index (κ3) is 3.33. The number of hydrogen-bond donors (Lipinski definition) is 2. The van der Waals surface area contributed by atoms with Crippen molar-refractivity contribution in [3.63, 3.8) is 0 Å². The molecule has 0 aliphatic rings. The molecule has 3 rings (SSSR count). The first-order valence-corrected chi connectivity index (χ1v) is 8.61. The van der Waals surface area contributed by atoms with Gasteiger partial charge in [-0.05, 0) is 48.2 Å². The van der Waals surface area contributed by atoms with Crippen LogP contribution in [-0.2, 0) is 16.6 Å². The van der Waals surface area contributed by atoms with Crippen molar-refractivity contribution in [2.24, 2.45) is 0 Å². The first-order valence-electron chi connectivity index (χ1n) is 7.13. The number of sulfonamides is 1. The number of aromatic nitrogens is 1. The molecule has 1 aromatic heterocycles. The second kappa shape index (κ2) is 5.98. The van der Waals surface area contributed by atoms with Crippen molar-refractivity contribution < 1.29 is 8.42 Å². The molecule has 0 amide bonds. The van der Waals surface area contributed by atoms with Gasteiger partial charge in [-0.1, -0.05) is 24.3 Å². The highest BCUT2D eigenvalue weighted by Gasteiger charge is 2.12. The molecular weight excluding hydrogens is 312 g/mol. The number of nitrogens with one attached hydrogen (secondary N) is 2. The molecule has 0 atom stereocenters. The summed E-state index contributed by atoms with van der Waals surface area (Å²) in [5, 5.41) is 0.874. The van der Waals surface area contributed by atoms with E-state index in [9.17, 15) is 13.2 Å². The Bertz CT molecular complexity index is 1010. The van der Waals surface area contributed by atoms with E-state index in [4.69, 9.17) is 0 Å². The predicted molar refractivity (Wildman–Crippen MR) is 89.8 cm³/mol. The van der Waals surface area contributed by atoms with Crippen LogP contribution in [0.1, 0.15) is 11.1 Å². The Morgan fingerprint density at radius 3 is 2.52 bits per heavy atom. The molecule has 2 aromatic carbocycles. The minimum Gasteiger partial charge on any atom is -0.322 e. The molecule has 3 aromatic rings. The molecule has 0 aliphatic heterocycles. The van der Waals surface area contributed by atoms with Crippen molar-refractivity contribution in [1.82, 2.24) is 9.71 Å². The van der Waals surface area contributed by atoms with Crippen molar-refractivity contribution in [3.05, 3.63) is 76.1 Å². The largest absolute Gasteiger partial charge is 0.322 e. The molecule has 0 radical (unpaired) electrons. The minimum absolute atomic E-state index is 0.116. The molecule has 0 saturated heterocycles. The average molecular weight is 328 g/mol. The van der Waals surface area contributed by atoms with Gasteiger partial charge in [-0.2, -0.15) is 0 Å². The zero-order valence-corrected chi connectivity index (χ0v) is 13.4. The van der Waals surface area contributed by atoms with Gasteiger partial charge in [0.25, 0.3) is 5.56 Å². The van der Waals surface area contributed by atoms with Crippen LogP contribution in [0.5, 0.6) is 0 Å². The Hall–Kier alpha value is -2.44. The highest BCUT2D eigenvalue weighted by atomic mass is 32.2. The lowest BCUT2D eigenvalue weighted by atomic mass is 10.1. The molecule has 6 heteroatoms. The van der Waals surface area contributed by atoms with Gasteiger partial charge in [-0.25, -0.2) is 13.1 Å². The molecule has 118 valence electrons. The Balaban J connectivity index is 1.85. The fourth-order valence-corrected chi connectivity index (χ4v) is 3.38. The summed E-state index contributed by atoms with van der Waals surface area (Å²) in [4.78, 5) is 14.6. The van der Waals surface area contributed by atoms with Crippen molar-refractivity contribution in [2.45, 2.75) is 18.4 Å². The smallest absolute Gasteiger partial charge is 0.251 e. The number of fused-ring (bicyclic) bond motifs is 1. The summed E-state index contributed by atoms with van der Waals surface area (Å²) >= 11 is 0. The normalized spacial score (nSPS) is 11.7. The lowest BCUT2D eigenvalue weighted by molar-refractivity contribution is 0.581. The number of H-pyrrole nitrogens is 1. The molecular formula is C17H16N2O3S. The first kappa shape index (κ1) is 15.5. The number of benzene rings is 2. The van der Waals surface area contributed by atoms with E-state index in [0.717, 1.165) is 16.5 Å². The van der Waals surface area contributed by atoms with E-state index in [2.05, 4.69) is 9.71 Å². The van der Waals surface area contributed by atoms with E-state index in [0.29, 0.717) is 5.56 Å². The quantitative estimate of drug-likeness (QED) is 0.771. The van der Waals surface area contributed by atoms with Crippen LogP contribution in [0.3, 0.4) is 0 Å². The molecule has 0 fully saturated rings. The van der Waals surface area contributed by atoms with Crippen LogP contribution in [0.2, 0.25) is 0 Å². The highest BCUT2D eigenvalue weighted by molar-refractivity contribution is 7.89. The monoisotopic (exact) mass is 328 g/mol. The molecule has 0 aliphatic carbocycles. The van der Waals surface area contributed by atoms with Crippen molar-refractivity contribution in [1.29, 1.82) is 0 Å². The SMILES string of the molecule is Cc1cc2cc(CNS(=O)(=O)c3ccccc3)ccc2[nH]c1=O. The third-order valence-electron chi connectivity index (χ3n) is 3.61. The molecule has 0 bridgehead atoms. The topological polar surface area (TPSA) is 79.0 Å². The number of rotatable bonds is 4. The minimum atomic E-state index is -3.53. The van der Waals surface area contributed by atoms with E-state index >= 15 is 0 Å². The molecule has 1 heterocycles. The van der Waals surface area contributed by atoms with Gasteiger partial charge in [0.2, 0.25) is 10.0 Å². The third-order valence-corrected chi connectivity index (χ3v) is 5.03. The van der Waals surface area contributed by atoms with Crippen LogP contribution in [-0.4, -0.2) is 13.4 Å². The van der Waals surface area contributed by atoms with Gasteiger partial charge in [0.05, 0.1) is 4.90 Å². The zero-order valence-electron chi connectivity index (χ0n) is 12.5. The van der Waals surface area contributed by atoms with Gasteiger partial charge in [0, 0.05) is 17.6 Å². The first-order chi connectivity index (χ1) is 11.0. The summed E-state index contributed by atoms with van der Waals surface area (Å²) in [6, 6.07) is 15.5. The maximum atomic E-state index is 12.2. The van der Waals surface area contributed by atoms with Crippen LogP contribution >= 0.6 is 0 Å². The van der Waals surface area contributed by atoms with E-state index in [1.807, 2.05) is 6.07 Å². The second-order valence-electron chi connectivity index (χ2n) is 5.34. The van der Waals surface area contributed by atoms with E-state index in [-0.39, 0.29) is 17.0 Å². The summed E-state index contributed by atoms with van der Waals surface area (Å²) in [7, 11) is -3.53. The van der Waals surface area contributed by atoms with Crippen LogP contribution in [0.25, 0.3) is 10.9 Å². The van der Waals surface area contributed by atoms with Gasteiger partial charge in [-0.3, -0.25) is 4.79 Å². The second-order valence-corrected chi connectivity index (χ2v) is 7.11. The van der Waals surface area contributed by atoms with Gasteiger partial charge in [0.15, 0.2) is 0 Å². The Morgan fingerprint density at radius 2 is 1.78 bits per heavy atom. The van der Waals surface area contributed by atoms with Crippen molar-refractivity contribution >= 4 is 20.9 Å². The molecule has 5 nitrogen and oxygen atoms in total. The maximum absolute atomic E-state index is 12.2. The zero-order chi connectivity index (χ0) is 16.4. The average Bonchev–Trinajstić information content (AvgIpc) is 2.55. The molecule has 0 saturated carbocycles. The molecule has 2 N–H and O–H groups in total. The summed E-state index contributed by atoms with van der Waals surface area (Å²) in [6.07, 6.45) is 0. The summed E-state index contributed by atoms with van der Waals surface area (Å²) in [5.41, 5.74) is 2.06. The van der Waals surface area contributed by atoms with Crippen LogP contribution in [0, 0.1) is 6.92 Å². The number of hydrogen-bond acceptors (Lipinski definition) is 3. The summed E-state index contributed by atoms with van der Waals surface area (Å²) in [6.45, 7) is 1.93. The van der Waals surface area contributed by atoms with E-state index in [1.54, 1.807) is 55.5 Å². The van der Waals surface area contributed by atoms with Crippen molar-refractivity contribution in [3.8, 4) is 0 Å². The van der Waals surface area contributed by atoms with Crippen LogP contribution in [0.4, 0.5) is 0 Å². The fourth-order valence-electron chi connectivity index (χ4n) is 2.34. The Morgan fingerprint density at radius 1 is 1.04 bits per heavy atom. The Labute approximate surface area is 134 Å². The standard InChI is InChI=1S/C17H16N2O3S/c1-12-9-14-10-13(7-8-16(14)19-17(12)20)11-18-23(21,22)15-5-3-2-4-6-15/h2-10,18H,11H2,1H3,(H,19,20). The van der Waals surface area contributed by atoms with E-state index in [1.165, 1.54) is 0 Å². The summed E-state index contributed by atoms with van der Waals surface area (Å²) < 4.78 is 27.0. The van der Waals surface area contributed by atoms with Gasteiger partial charge >= 0.3 is 0 Å². The molecule has 0 spiro atoms. The molecule has 23 heavy (non-hydrogen) atoms. The van der Waals surface area contributed by atoms with Crippen molar-refractivity contribution in [2.75, 3.05) is 0 Å². The highest BCUT2D eigenvalue weighted by Crippen LogP contribution is 2.14. The fraction of sp³-hybridized carbons (Fsp3) is 0.118. The van der Waals surface area contributed by atoms with Crippen LogP contribution in [0.15, 0.2) is 64.3 Å². The van der Waals surface area contributed by atoms with Gasteiger partial charge < -0.3 is 4.98 Å². The Kier molecular flexibility index (Phi) is 4.02. The number of aromatic amines is 1. The summed E-state index contributed by atoms with van der Waals surface area (Å²) in [5.74, 6) is 0. The van der Waals surface area contributed by atoms with E-state index < -0.39 is 10.0 Å². The lowest BCUT2D eigenvalue weighted by Gasteiger charge is -2.08. The van der Waals surface area contributed by atoms with Gasteiger partial charge in [0.1, 0.15) is 0 Å². The molecule has 0 unspecified atom stereocenters. The number of pyridine rings is 1.